The number of furan rings is 1. The molecule has 2 aromatic rings. The van der Waals surface area contributed by atoms with Gasteiger partial charge in [-0.1, -0.05) is 12.1 Å². The van der Waals surface area contributed by atoms with Crippen molar-refractivity contribution in [3.05, 3.63) is 53.5 Å². The maximum atomic E-state index is 12.8. The van der Waals surface area contributed by atoms with Crippen LogP contribution in [0.4, 0.5) is 4.39 Å². The van der Waals surface area contributed by atoms with Gasteiger partial charge >= 0.3 is 0 Å². The van der Waals surface area contributed by atoms with Crippen LogP contribution in [-0.4, -0.2) is 22.0 Å². The predicted molar refractivity (Wildman–Crippen MR) is 76.8 cm³/mol. The Morgan fingerprint density at radius 1 is 1.14 bits per heavy atom. The SMILES string of the molecule is CNCc1ccc(S(=O)(=O)NCCc2ccc(F)cc2)o1. The van der Waals surface area contributed by atoms with Gasteiger partial charge in [-0.2, -0.15) is 0 Å². The van der Waals surface area contributed by atoms with Crippen LogP contribution in [0.15, 0.2) is 45.9 Å². The highest BCUT2D eigenvalue weighted by Gasteiger charge is 2.17. The molecule has 7 heteroatoms. The third kappa shape index (κ3) is 4.38. The van der Waals surface area contributed by atoms with Crippen LogP contribution in [0.25, 0.3) is 0 Å². The molecule has 0 aliphatic carbocycles. The molecular weight excluding hydrogens is 295 g/mol. The zero-order valence-corrected chi connectivity index (χ0v) is 12.4. The van der Waals surface area contributed by atoms with Crippen molar-refractivity contribution < 1.29 is 17.2 Å². The second-order valence-electron chi connectivity index (χ2n) is 4.53. The zero-order chi connectivity index (χ0) is 15.3. The standard InChI is InChI=1S/C14H17FN2O3S/c1-16-10-13-6-7-14(20-13)21(18,19)17-9-8-11-2-4-12(15)5-3-11/h2-7,16-17H,8-10H2,1H3. The third-order valence-electron chi connectivity index (χ3n) is 2.87. The van der Waals surface area contributed by atoms with E-state index in [4.69, 9.17) is 4.42 Å². The molecule has 1 heterocycles. The molecular formula is C14H17FN2O3S. The summed E-state index contributed by atoms with van der Waals surface area (Å²) in [6, 6.07) is 8.99. The fraction of sp³-hybridized carbons (Fsp3) is 0.286. The lowest BCUT2D eigenvalue weighted by Crippen LogP contribution is -2.25. The Bertz CT molecular complexity index is 680. The van der Waals surface area contributed by atoms with Gasteiger partial charge in [0, 0.05) is 6.54 Å². The molecule has 21 heavy (non-hydrogen) atoms. The number of rotatable bonds is 7. The van der Waals surface area contributed by atoms with E-state index in [1.807, 2.05) is 0 Å². The van der Waals surface area contributed by atoms with Crippen LogP contribution < -0.4 is 10.0 Å². The predicted octanol–water partition coefficient (Wildman–Crippen LogP) is 1.66. The third-order valence-corrected chi connectivity index (χ3v) is 4.21. The number of hydrogen-bond acceptors (Lipinski definition) is 4. The largest absolute Gasteiger partial charge is 0.447 e. The van der Waals surface area contributed by atoms with E-state index in [2.05, 4.69) is 10.0 Å². The minimum absolute atomic E-state index is 0.105. The molecule has 0 radical (unpaired) electrons. The number of hydrogen-bond donors (Lipinski definition) is 2. The quantitative estimate of drug-likeness (QED) is 0.815. The highest BCUT2D eigenvalue weighted by molar-refractivity contribution is 7.89. The molecule has 1 aromatic carbocycles. The summed E-state index contributed by atoms with van der Waals surface area (Å²) in [6.07, 6.45) is 0.476. The van der Waals surface area contributed by atoms with Gasteiger partial charge in [-0.3, -0.25) is 0 Å². The second kappa shape index (κ2) is 6.84. The smallest absolute Gasteiger partial charge is 0.273 e. The summed E-state index contributed by atoms with van der Waals surface area (Å²) >= 11 is 0. The summed E-state index contributed by atoms with van der Waals surface area (Å²) in [4.78, 5) is 0. The average molecular weight is 312 g/mol. The molecule has 5 nitrogen and oxygen atoms in total. The van der Waals surface area contributed by atoms with Gasteiger partial charge in [0.05, 0.1) is 6.54 Å². The summed E-state index contributed by atoms with van der Waals surface area (Å²) in [5.74, 6) is 0.239. The van der Waals surface area contributed by atoms with E-state index in [0.29, 0.717) is 18.7 Å². The van der Waals surface area contributed by atoms with Gasteiger partial charge in [-0.05, 0) is 43.3 Å². The molecule has 0 aliphatic rings. The summed E-state index contributed by atoms with van der Waals surface area (Å²) in [7, 11) is -1.91. The lowest BCUT2D eigenvalue weighted by Gasteiger charge is -2.04. The molecule has 0 bridgehead atoms. The lowest BCUT2D eigenvalue weighted by atomic mass is 10.1. The molecule has 0 unspecified atom stereocenters. The van der Waals surface area contributed by atoms with E-state index in [1.54, 1.807) is 25.2 Å². The average Bonchev–Trinajstić information content (AvgIpc) is 2.91. The Labute approximate surface area is 123 Å². The van der Waals surface area contributed by atoms with Crippen molar-refractivity contribution in [2.75, 3.05) is 13.6 Å². The van der Waals surface area contributed by atoms with E-state index in [1.165, 1.54) is 18.2 Å². The fourth-order valence-corrected chi connectivity index (χ4v) is 2.80. The Hall–Kier alpha value is -1.70. The molecule has 2 N–H and O–H groups in total. The molecule has 0 amide bonds. The maximum absolute atomic E-state index is 12.8. The van der Waals surface area contributed by atoms with E-state index >= 15 is 0 Å². The molecule has 0 fully saturated rings. The van der Waals surface area contributed by atoms with Crippen molar-refractivity contribution in [2.24, 2.45) is 0 Å². The second-order valence-corrected chi connectivity index (χ2v) is 6.22. The van der Waals surface area contributed by atoms with Crippen molar-refractivity contribution in [1.29, 1.82) is 0 Å². The fourth-order valence-electron chi connectivity index (χ4n) is 1.82. The minimum atomic E-state index is -3.65. The molecule has 2 rings (SSSR count). The van der Waals surface area contributed by atoms with Crippen LogP contribution in [0.3, 0.4) is 0 Å². The van der Waals surface area contributed by atoms with Crippen LogP contribution in [0.2, 0.25) is 0 Å². The van der Waals surface area contributed by atoms with Crippen LogP contribution >= 0.6 is 0 Å². The van der Waals surface area contributed by atoms with E-state index < -0.39 is 10.0 Å². The van der Waals surface area contributed by atoms with Crippen LogP contribution in [0, 0.1) is 5.82 Å². The van der Waals surface area contributed by atoms with E-state index in [0.717, 1.165) is 5.56 Å². The zero-order valence-electron chi connectivity index (χ0n) is 11.6. The summed E-state index contributed by atoms with van der Waals surface area (Å²) in [5.41, 5.74) is 0.856. The Kier molecular flexibility index (Phi) is 5.11. The van der Waals surface area contributed by atoms with Crippen LogP contribution in [0.5, 0.6) is 0 Å². The molecule has 0 saturated carbocycles. The van der Waals surface area contributed by atoms with Crippen molar-refractivity contribution in [3.63, 3.8) is 0 Å². The summed E-state index contributed by atoms with van der Waals surface area (Å²) in [5, 5.41) is 2.77. The number of sulfonamides is 1. The highest BCUT2D eigenvalue weighted by atomic mass is 32.2. The Morgan fingerprint density at radius 2 is 1.86 bits per heavy atom. The Morgan fingerprint density at radius 3 is 2.52 bits per heavy atom. The first kappa shape index (κ1) is 15.7. The van der Waals surface area contributed by atoms with E-state index in [-0.39, 0.29) is 17.5 Å². The normalized spacial score (nSPS) is 11.7. The van der Waals surface area contributed by atoms with E-state index in [9.17, 15) is 12.8 Å². The van der Waals surface area contributed by atoms with Gasteiger partial charge in [0.1, 0.15) is 11.6 Å². The highest BCUT2D eigenvalue weighted by Crippen LogP contribution is 2.13. The first-order valence-corrected chi connectivity index (χ1v) is 7.97. The molecule has 114 valence electrons. The maximum Gasteiger partial charge on any atom is 0.273 e. The van der Waals surface area contributed by atoms with Crippen molar-refractivity contribution in [2.45, 2.75) is 18.1 Å². The van der Waals surface area contributed by atoms with Gasteiger partial charge in [0.15, 0.2) is 0 Å². The minimum Gasteiger partial charge on any atom is -0.447 e. The molecule has 0 saturated heterocycles. The molecule has 0 aliphatic heterocycles. The van der Waals surface area contributed by atoms with Gasteiger partial charge in [-0.15, -0.1) is 0 Å². The summed E-state index contributed by atoms with van der Waals surface area (Å²) in [6.45, 7) is 0.682. The topological polar surface area (TPSA) is 71.3 Å². The molecule has 0 spiro atoms. The van der Waals surface area contributed by atoms with Crippen molar-refractivity contribution >= 4 is 10.0 Å². The lowest BCUT2D eigenvalue weighted by molar-refractivity contribution is 0.404. The van der Waals surface area contributed by atoms with Gasteiger partial charge in [0.2, 0.25) is 5.09 Å². The van der Waals surface area contributed by atoms with Gasteiger partial charge in [-0.25, -0.2) is 17.5 Å². The van der Waals surface area contributed by atoms with Gasteiger partial charge in [0.25, 0.3) is 10.0 Å². The Balaban J connectivity index is 1.92. The number of benzene rings is 1. The van der Waals surface area contributed by atoms with Crippen molar-refractivity contribution in [1.82, 2.24) is 10.0 Å². The first-order valence-electron chi connectivity index (χ1n) is 6.49. The monoisotopic (exact) mass is 312 g/mol. The molecule has 1 aromatic heterocycles. The first-order chi connectivity index (χ1) is 10.0. The van der Waals surface area contributed by atoms with Gasteiger partial charge < -0.3 is 9.73 Å². The number of nitrogens with one attached hydrogen (secondary N) is 2. The number of halogens is 1. The summed E-state index contributed by atoms with van der Waals surface area (Å²) < 4.78 is 44.5. The molecule has 0 atom stereocenters. The van der Waals surface area contributed by atoms with Crippen LogP contribution in [0.1, 0.15) is 11.3 Å². The van der Waals surface area contributed by atoms with Crippen LogP contribution in [-0.2, 0) is 23.0 Å². The van der Waals surface area contributed by atoms with Crippen molar-refractivity contribution in [3.8, 4) is 0 Å².